The number of aliphatic hydroxyl groups is 1. The molecule has 0 aliphatic carbocycles. The molecule has 102 valence electrons. The van der Waals surface area contributed by atoms with Gasteiger partial charge in [0.15, 0.2) is 0 Å². The van der Waals surface area contributed by atoms with Crippen LogP contribution in [0.1, 0.15) is 33.1 Å². The Kier molecular flexibility index (Phi) is 11.0. The SMILES string of the molecule is CC(O)CCO[Si]1(CCC[S-])OCCC(C)O1.[Na+]. The van der Waals surface area contributed by atoms with Gasteiger partial charge in [0.25, 0.3) is 0 Å². The van der Waals surface area contributed by atoms with Crippen LogP contribution in [0, 0.1) is 0 Å². The molecule has 1 saturated heterocycles. The first kappa shape index (κ1) is 19.4. The second-order valence-electron chi connectivity index (χ2n) is 4.54. The van der Waals surface area contributed by atoms with Crippen molar-refractivity contribution in [2.75, 3.05) is 19.0 Å². The third-order valence-corrected chi connectivity index (χ3v) is 6.02. The summed E-state index contributed by atoms with van der Waals surface area (Å²) < 4.78 is 17.6. The molecular weight excluding hydrogens is 279 g/mol. The molecule has 0 aromatic rings. The number of rotatable bonds is 7. The molecule has 0 aromatic heterocycles. The molecule has 1 heterocycles. The van der Waals surface area contributed by atoms with Crippen LogP contribution in [-0.4, -0.2) is 45.1 Å². The first-order chi connectivity index (χ1) is 8.08. The maximum Gasteiger partial charge on any atom is 1.00 e. The minimum Gasteiger partial charge on any atom is -0.793 e. The van der Waals surface area contributed by atoms with Crippen molar-refractivity contribution in [1.82, 2.24) is 0 Å². The molecule has 0 saturated carbocycles. The summed E-state index contributed by atoms with van der Waals surface area (Å²) in [4.78, 5) is 0. The molecule has 7 heteroatoms. The summed E-state index contributed by atoms with van der Waals surface area (Å²) in [5.41, 5.74) is 0. The Balaban J connectivity index is 0.00000289. The van der Waals surface area contributed by atoms with Crippen LogP contribution in [0.3, 0.4) is 0 Å². The van der Waals surface area contributed by atoms with E-state index in [1.54, 1.807) is 6.92 Å². The predicted molar refractivity (Wildman–Crippen MR) is 70.8 cm³/mol. The molecule has 18 heavy (non-hydrogen) atoms. The Morgan fingerprint density at radius 3 is 2.83 bits per heavy atom. The summed E-state index contributed by atoms with van der Waals surface area (Å²) in [5, 5.41) is 9.23. The van der Waals surface area contributed by atoms with Crippen LogP contribution in [0.15, 0.2) is 0 Å². The van der Waals surface area contributed by atoms with Gasteiger partial charge in [0, 0.05) is 25.4 Å². The quantitative estimate of drug-likeness (QED) is 0.457. The van der Waals surface area contributed by atoms with Gasteiger partial charge in [0.2, 0.25) is 0 Å². The minimum absolute atomic E-state index is 0. The second kappa shape index (κ2) is 10.2. The van der Waals surface area contributed by atoms with Crippen LogP contribution in [0.5, 0.6) is 0 Å². The zero-order chi connectivity index (χ0) is 12.7. The fraction of sp³-hybridized carbons (Fsp3) is 1.00. The van der Waals surface area contributed by atoms with E-state index in [-0.39, 0.29) is 41.8 Å². The summed E-state index contributed by atoms with van der Waals surface area (Å²) in [6, 6.07) is 0.792. The van der Waals surface area contributed by atoms with Gasteiger partial charge in [-0.15, -0.1) is 0 Å². The van der Waals surface area contributed by atoms with Gasteiger partial charge >= 0.3 is 38.4 Å². The normalized spacial score (nSPS) is 29.7. The maximum absolute atomic E-state index is 9.23. The third-order valence-electron chi connectivity index (χ3n) is 2.71. The van der Waals surface area contributed by atoms with Crippen molar-refractivity contribution in [2.45, 2.75) is 51.4 Å². The van der Waals surface area contributed by atoms with Gasteiger partial charge in [-0.3, -0.25) is 0 Å². The molecule has 1 aliphatic heterocycles. The van der Waals surface area contributed by atoms with Crippen LogP contribution in [-0.2, 0) is 25.9 Å². The summed E-state index contributed by atoms with van der Waals surface area (Å²) in [6.45, 7) is 5.01. The van der Waals surface area contributed by atoms with E-state index in [0.29, 0.717) is 25.4 Å². The van der Waals surface area contributed by atoms with Crippen molar-refractivity contribution < 1.29 is 47.9 Å². The van der Waals surface area contributed by atoms with Gasteiger partial charge in [-0.25, -0.2) is 0 Å². The van der Waals surface area contributed by atoms with Gasteiger partial charge in [-0.05, 0) is 26.7 Å². The fourth-order valence-electron chi connectivity index (χ4n) is 1.73. The Labute approximate surface area is 139 Å². The summed E-state index contributed by atoms with van der Waals surface area (Å²) in [7, 11) is -2.51. The monoisotopic (exact) mass is 302 g/mol. The number of hydrogen-bond donors (Lipinski definition) is 1. The zero-order valence-corrected chi connectivity index (χ0v) is 15.5. The number of aliphatic hydroxyl groups excluding tert-OH is 1. The van der Waals surface area contributed by atoms with Gasteiger partial charge in [0.05, 0.1) is 6.10 Å². The van der Waals surface area contributed by atoms with E-state index < -0.39 is 8.80 Å². The molecule has 1 N–H and O–H groups in total. The second-order valence-corrected chi connectivity index (χ2v) is 7.63. The van der Waals surface area contributed by atoms with Crippen molar-refractivity contribution in [2.24, 2.45) is 0 Å². The topological polar surface area (TPSA) is 47.9 Å². The Bertz CT molecular complexity index is 223. The van der Waals surface area contributed by atoms with Crippen LogP contribution < -0.4 is 29.6 Å². The molecule has 1 rings (SSSR count). The standard InChI is InChI=1S/C11H24O4SSi.Na/c1-10(12)4-6-13-17(9-3-8-16)14-7-5-11(2)15-17;/h10-12,16H,3-9H2,1-2H3;/q;+1/p-1. The zero-order valence-electron chi connectivity index (χ0n) is 11.7. The van der Waals surface area contributed by atoms with E-state index in [0.717, 1.165) is 18.9 Å². The van der Waals surface area contributed by atoms with Gasteiger partial charge in [-0.1, -0.05) is 6.42 Å². The molecule has 0 amide bonds. The van der Waals surface area contributed by atoms with E-state index in [1.165, 1.54) is 0 Å². The predicted octanol–water partition coefficient (Wildman–Crippen LogP) is -1.52. The van der Waals surface area contributed by atoms with Crippen molar-refractivity contribution in [3.8, 4) is 0 Å². The Morgan fingerprint density at radius 1 is 1.56 bits per heavy atom. The van der Waals surface area contributed by atoms with Crippen LogP contribution in [0.4, 0.5) is 0 Å². The van der Waals surface area contributed by atoms with Crippen molar-refractivity contribution in [3.63, 3.8) is 0 Å². The molecule has 0 spiro atoms. The molecule has 1 fully saturated rings. The molecule has 0 radical (unpaired) electrons. The first-order valence-corrected chi connectivity index (χ1v) is 8.81. The average Bonchev–Trinajstić information content (AvgIpc) is 2.26. The van der Waals surface area contributed by atoms with E-state index >= 15 is 0 Å². The summed E-state index contributed by atoms with van der Waals surface area (Å²) in [5.74, 6) is 0.704. The van der Waals surface area contributed by atoms with Crippen molar-refractivity contribution >= 4 is 21.4 Å². The molecule has 3 atom stereocenters. The maximum atomic E-state index is 9.23. The number of hydrogen-bond acceptors (Lipinski definition) is 5. The molecule has 0 aromatic carbocycles. The Hall–Kier alpha value is 1.41. The van der Waals surface area contributed by atoms with E-state index in [4.69, 9.17) is 25.9 Å². The van der Waals surface area contributed by atoms with Crippen LogP contribution in [0.25, 0.3) is 0 Å². The summed E-state index contributed by atoms with van der Waals surface area (Å²) >= 11 is 4.97. The van der Waals surface area contributed by atoms with E-state index in [1.807, 2.05) is 0 Å². The molecular formula is C11H23NaO4SSi. The molecule has 0 bridgehead atoms. The van der Waals surface area contributed by atoms with Gasteiger partial charge < -0.3 is 31.0 Å². The van der Waals surface area contributed by atoms with Gasteiger partial charge in [0.1, 0.15) is 0 Å². The Morgan fingerprint density at radius 2 is 2.28 bits per heavy atom. The largest absolute Gasteiger partial charge is 1.00 e. The minimum atomic E-state index is -2.51. The van der Waals surface area contributed by atoms with Gasteiger partial charge in [-0.2, -0.15) is 5.75 Å². The van der Waals surface area contributed by atoms with E-state index in [2.05, 4.69) is 6.92 Å². The molecule has 4 nitrogen and oxygen atoms in total. The van der Waals surface area contributed by atoms with Crippen molar-refractivity contribution in [1.29, 1.82) is 0 Å². The summed E-state index contributed by atoms with van der Waals surface area (Å²) in [6.07, 6.45) is 2.28. The molecule has 3 unspecified atom stereocenters. The van der Waals surface area contributed by atoms with Crippen molar-refractivity contribution in [3.05, 3.63) is 0 Å². The third kappa shape index (κ3) is 7.26. The van der Waals surface area contributed by atoms with Crippen LogP contribution in [0.2, 0.25) is 6.04 Å². The average molecular weight is 302 g/mol. The fourth-order valence-corrected chi connectivity index (χ4v) is 4.96. The van der Waals surface area contributed by atoms with Crippen LogP contribution >= 0.6 is 0 Å². The first-order valence-electron chi connectivity index (χ1n) is 6.30. The smallest absolute Gasteiger partial charge is 0.793 e. The van der Waals surface area contributed by atoms with E-state index in [9.17, 15) is 5.11 Å². The molecule has 1 aliphatic rings.